The Labute approximate surface area is 161 Å². The van der Waals surface area contributed by atoms with Gasteiger partial charge in [-0.15, -0.1) is 0 Å². The molecule has 0 amide bonds. The van der Waals surface area contributed by atoms with Crippen LogP contribution in [0.1, 0.15) is 42.6 Å². The molecule has 2 aliphatic rings. The van der Waals surface area contributed by atoms with Gasteiger partial charge in [-0.25, -0.2) is 9.18 Å². The third-order valence-electron chi connectivity index (χ3n) is 5.86. The van der Waals surface area contributed by atoms with E-state index in [0.717, 1.165) is 25.3 Å². The first-order chi connectivity index (χ1) is 13.3. The molecule has 7 nitrogen and oxygen atoms in total. The molecule has 2 aromatic rings. The van der Waals surface area contributed by atoms with Gasteiger partial charge >= 0.3 is 5.97 Å². The number of nitrogens with two attached hydrogens (primary N) is 1. The van der Waals surface area contributed by atoms with Crippen LogP contribution in [0.4, 0.5) is 10.1 Å². The molecule has 8 heteroatoms. The summed E-state index contributed by atoms with van der Waals surface area (Å²) < 4.78 is 22.5. The number of nitrogens with zero attached hydrogens (tertiary/aromatic N) is 2. The molecule has 1 saturated carbocycles. The van der Waals surface area contributed by atoms with Gasteiger partial charge in [0.05, 0.1) is 18.0 Å². The number of pyridine rings is 1. The second-order valence-electron chi connectivity index (χ2n) is 7.81. The van der Waals surface area contributed by atoms with Gasteiger partial charge in [0, 0.05) is 31.4 Å². The molecular formula is C20H24FN3O4. The zero-order chi connectivity index (χ0) is 20.2. The maximum Gasteiger partial charge on any atom is 0.341 e. The van der Waals surface area contributed by atoms with Crippen LogP contribution < -0.4 is 20.8 Å². The topological polar surface area (TPSA) is 97.8 Å². The standard InChI is InChI=1S/C20H24FN3O4/c1-10(22)11-5-6-23(8-11)17-15(21)7-13-16(19(17)28-2)24(12-3-4-12)9-14(18(13)25)20(26)27/h7,9-12H,3-6,8,22H2,1-2H3,(H,26,27)/t10-,11+/m1/s1. The van der Waals surface area contributed by atoms with Crippen LogP contribution in [0.3, 0.4) is 0 Å². The average molecular weight is 389 g/mol. The Balaban J connectivity index is 1.97. The lowest BCUT2D eigenvalue weighted by molar-refractivity contribution is 0.0695. The van der Waals surface area contributed by atoms with Crippen LogP contribution in [-0.2, 0) is 0 Å². The maximum absolute atomic E-state index is 15.2. The number of carboxylic acids is 1. The summed E-state index contributed by atoms with van der Waals surface area (Å²) in [5.41, 5.74) is 5.74. The Kier molecular flexibility index (Phi) is 4.53. The van der Waals surface area contributed by atoms with E-state index >= 15 is 4.39 Å². The van der Waals surface area contributed by atoms with Crippen molar-refractivity contribution < 1.29 is 19.0 Å². The van der Waals surface area contributed by atoms with E-state index in [1.165, 1.54) is 13.3 Å². The van der Waals surface area contributed by atoms with E-state index in [1.54, 1.807) is 4.57 Å². The van der Waals surface area contributed by atoms with Crippen LogP contribution in [0.15, 0.2) is 17.1 Å². The smallest absolute Gasteiger partial charge is 0.341 e. The highest BCUT2D eigenvalue weighted by atomic mass is 19.1. The van der Waals surface area contributed by atoms with Crippen LogP contribution in [0.5, 0.6) is 5.75 Å². The van der Waals surface area contributed by atoms with Crippen molar-refractivity contribution in [2.75, 3.05) is 25.1 Å². The molecule has 1 saturated heterocycles. The van der Waals surface area contributed by atoms with Crippen molar-refractivity contribution in [2.24, 2.45) is 11.7 Å². The van der Waals surface area contributed by atoms with Crippen molar-refractivity contribution >= 4 is 22.6 Å². The number of ether oxygens (including phenoxy) is 1. The van der Waals surface area contributed by atoms with Crippen molar-refractivity contribution in [1.29, 1.82) is 0 Å². The van der Waals surface area contributed by atoms with Gasteiger partial charge in [0.1, 0.15) is 11.3 Å². The van der Waals surface area contributed by atoms with Gasteiger partial charge in [-0.1, -0.05) is 0 Å². The van der Waals surface area contributed by atoms with Gasteiger partial charge in [-0.05, 0) is 38.2 Å². The van der Waals surface area contributed by atoms with Gasteiger partial charge in [-0.2, -0.15) is 0 Å². The van der Waals surface area contributed by atoms with Crippen molar-refractivity contribution in [1.82, 2.24) is 4.57 Å². The second kappa shape index (κ2) is 6.77. The van der Waals surface area contributed by atoms with Gasteiger partial charge in [0.15, 0.2) is 11.6 Å². The molecule has 1 aliphatic carbocycles. The van der Waals surface area contributed by atoms with E-state index < -0.39 is 17.2 Å². The van der Waals surface area contributed by atoms with Crippen LogP contribution in [0, 0.1) is 11.7 Å². The first kappa shape index (κ1) is 18.7. The quantitative estimate of drug-likeness (QED) is 0.815. The minimum Gasteiger partial charge on any atom is -0.492 e. The molecular weight excluding hydrogens is 365 g/mol. The lowest BCUT2D eigenvalue weighted by atomic mass is 10.0. The minimum absolute atomic E-state index is 0.00211. The predicted molar refractivity (Wildman–Crippen MR) is 104 cm³/mol. The molecule has 0 unspecified atom stereocenters. The largest absolute Gasteiger partial charge is 0.492 e. The third-order valence-corrected chi connectivity index (χ3v) is 5.86. The molecule has 2 fully saturated rings. The van der Waals surface area contributed by atoms with Gasteiger partial charge < -0.3 is 25.0 Å². The fraction of sp³-hybridized carbons (Fsp3) is 0.500. The number of aromatic nitrogens is 1. The van der Waals surface area contributed by atoms with Crippen molar-refractivity contribution in [3.8, 4) is 5.75 Å². The second-order valence-corrected chi connectivity index (χ2v) is 7.81. The van der Waals surface area contributed by atoms with Crippen LogP contribution in [0.25, 0.3) is 10.9 Å². The fourth-order valence-corrected chi connectivity index (χ4v) is 4.14. The molecule has 1 aliphatic heterocycles. The molecule has 1 aromatic heterocycles. The molecule has 1 aromatic carbocycles. The lowest BCUT2D eigenvalue weighted by Gasteiger charge is -2.25. The molecule has 2 atom stereocenters. The van der Waals surface area contributed by atoms with E-state index in [-0.39, 0.29) is 34.7 Å². The number of fused-ring (bicyclic) bond motifs is 1. The summed E-state index contributed by atoms with van der Waals surface area (Å²) in [4.78, 5) is 26.1. The Morgan fingerprint density at radius 2 is 2.11 bits per heavy atom. The number of halogens is 1. The zero-order valence-corrected chi connectivity index (χ0v) is 15.9. The molecule has 0 radical (unpaired) electrons. The monoisotopic (exact) mass is 389 g/mol. The Hall–Kier alpha value is -2.61. The summed E-state index contributed by atoms with van der Waals surface area (Å²) in [6.45, 7) is 3.20. The van der Waals surface area contributed by atoms with Crippen molar-refractivity contribution in [2.45, 2.75) is 38.3 Å². The molecule has 4 rings (SSSR count). The minimum atomic E-state index is -1.32. The Morgan fingerprint density at radius 3 is 2.64 bits per heavy atom. The van der Waals surface area contributed by atoms with E-state index in [9.17, 15) is 14.7 Å². The first-order valence-electron chi connectivity index (χ1n) is 9.52. The fourth-order valence-electron chi connectivity index (χ4n) is 4.14. The number of methoxy groups -OCH3 is 1. The third kappa shape index (κ3) is 2.92. The summed E-state index contributed by atoms with van der Waals surface area (Å²) in [6, 6.07) is 1.24. The lowest BCUT2D eigenvalue weighted by Crippen LogP contribution is -2.30. The highest BCUT2D eigenvalue weighted by molar-refractivity contribution is 5.97. The molecule has 0 bridgehead atoms. The number of anilines is 1. The number of hydrogen-bond donors (Lipinski definition) is 2. The maximum atomic E-state index is 15.2. The van der Waals surface area contributed by atoms with E-state index in [0.29, 0.717) is 24.3 Å². The summed E-state index contributed by atoms with van der Waals surface area (Å²) in [6.07, 6.45) is 3.97. The number of rotatable bonds is 5. The van der Waals surface area contributed by atoms with Gasteiger partial charge in [0.25, 0.3) is 0 Å². The zero-order valence-electron chi connectivity index (χ0n) is 15.9. The highest BCUT2D eigenvalue weighted by Gasteiger charge is 2.33. The highest BCUT2D eigenvalue weighted by Crippen LogP contribution is 2.44. The number of carbonyl (C=O) groups is 1. The summed E-state index contributed by atoms with van der Waals surface area (Å²) in [7, 11) is 1.45. The number of benzene rings is 1. The molecule has 0 spiro atoms. The molecule has 2 heterocycles. The van der Waals surface area contributed by atoms with Crippen LogP contribution >= 0.6 is 0 Å². The van der Waals surface area contributed by atoms with Crippen LogP contribution in [-0.4, -0.2) is 41.9 Å². The Morgan fingerprint density at radius 1 is 1.39 bits per heavy atom. The molecule has 3 N–H and O–H groups in total. The van der Waals surface area contributed by atoms with Crippen molar-refractivity contribution in [3.63, 3.8) is 0 Å². The Bertz CT molecular complexity index is 1010. The van der Waals surface area contributed by atoms with Crippen molar-refractivity contribution in [3.05, 3.63) is 33.9 Å². The average Bonchev–Trinajstić information content (AvgIpc) is 3.37. The predicted octanol–water partition coefficient (Wildman–Crippen LogP) is 2.36. The van der Waals surface area contributed by atoms with E-state index in [1.807, 2.05) is 11.8 Å². The van der Waals surface area contributed by atoms with Gasteiger partial charge in [0.2, 0.25) is 5.43 Å². The summed E-state index contributed by atoms with van der Waals surface area (Å²) in [5.74, 6) is -1.37. The van der Waals surface area contributed by atoms with Gasteiger partial charge in [-0.3, -0.25) is 4.79 Å². The number of aromatic carboxylic acids is 1. The van der Waals surface area contributed by atoms with E-state index in [4.69, 9.17) is 10.5 Å². The summed E-state index contributed by atoms with van der Waals surface area (Å²) >= 11 is 0. The first-order valence-corrected chi connectivity index (χ1v) is 9.52. The molecule has 28 heavy (non-hydrogen) atoms. The summed E-state index contributed by atoms with van der Waals surface area (Å²) in [5, 5.41) is 9.43. The SMILES string of the molecule is COc1c(N2CC[C@H]([C@@H](C)N)C2)c(F)cc2c(=O)c(C(=O)O)cn(C3CC3)c12. The molecule has 150 valence electrons. The van der Waals surface area contributed by atoms with Crippen LogP contribution in [0.2, 0.25) is 0 Å². The van der Waals surface area contributed by atoms with E-state index in [2.05, 4.69) is 0 Å². The number of carboxylic acid groups (broad SMARTS) is 1. The normalized spacial score (nSPS) is 20.6. The number of hydrogen-bond acceptors (Lipinski definition) is 5.